The van der Waals surface area contributed by atoms with Crippen molar-refractivity contribution >= 4 is 66.2 Å². The zero-order valence-corrected chi connectivity index (χ0v) is 27.9. The van der Waals surface area contributed by atoms with E-state index < -0.39 is 0 Å². The molecule has 0 spiro atoms. The number of hydrogen-bond donors (Lipinski definition) is 0. The molecule has 0 saturated heterocycles. The number of nitrogens with zero attached hydrogens (tertiary/aromatic N) is 4. The van der Waals surface area contributed by atoms with Gasteiger partial charge in [0.15, 0.2) is 0 Å². The fraction of sp³-hybridized carbons (Fsp3) is 0.0476. The average molecular weight is 717 g/mol. The largest absolute Gasteiger partial charge is 0.309 e. The fourth-order valence-electron chi connectivity index (χ4n) is 7.22. The second-order valence-electron chi connectivity index (χ2n) is 12.0. The highest BCUT2D eigenvalue weighted by Gasteiger charge is 2.18. The van der Waals surface area contributed by atoms with Crippen molar-refractivity contribution in [2.45, 2.75) is 11.4 Å². The molecule has 5 aromatic carbocycles. The van der Waals surface area contributed by atoms with Crippen LogP contribution in [0.1, 0.15) is 11.1 Å². The summed E-state index contributed by atoms with van der Waals surface area (Å²) in [7, 11) is 0. The van der Waals surface area contributed by atoms with E-state index in [1.807, 2.05) is 24.8 Å². The monoisotopic (exact) mass is 716 g/mol. The second-order valence-corrected chi connectivity index (χ2v) is 12.8. The van der Waals surface area contributed by atoms with E-state index in [0.29, 0.717) is 0 Å². The first-order valence-corrected chi connectivity index (χ1v) is 17.3. The summed E-state index contributed by atoms with van der Waals surface area (Å²) >= 11 is 2.51. The number of aryl methyl sites for hydroxylation is 1. The second kappa shape index (κ2) is 11.2. The number of para-hydroxylation sites is 2. The molecule has 0 aliphatic carbocycles. The Bertz CT molecular complexity index is 2620. The summed E-state index contributed by atoms with van der Waals surface area (Å²) < 4.78 is 5.58. The van der Waals surface area contributed by atoms with E-state index in [1.54, 1.807) is 0 Å². The molecule has 0 radical (unpaired) electrons. The number of fused-ring (bicyclic) bond motifs is 6. The van der Waals surface area contributed by atoms with Gasteiger partial charge in [0.1, 0.15) is 0 Å². The molecule has 224 valence electrons. The Hall–Kier alpha value is -5.27. The first-order chi connectivity index (χ1) is 23.2. The SMILES string of the molecule is Cc1cc(-c2ccc3c(c2)c2cnccc2n3-c2ccccc2)c(CI)cc1-c1ccc2c(c1)c1cnccc1n2-c1ccccc1. The third-order valence-corrected chi connectivity index (χ3v) is 10.2. The Morgan fingerprint density at radius 3 is 1.51 bits per heavy atom. The molecule has 0 bridgehead atoms. The van der Waals surface area contributed by atoms with Crippen LogP contribution in [0.4, 0.5) is 0 Å². The molecule has 4 heterocycles. The minimum Gasteiger partial charge on any atom is -0.309 e. The first-order valence-electron chi connectivity index (χ1n) is 15.8. The molecule has 4 nitrogen and oxygen atoms in total. The molecule has 0 aliphatic heterocycles. The summed E-state index contributed by atoms with van der Waals surface area (Å²) in [5.41, 5.74) is 14.6. The van der Waals surface area contributed by atoms with Crippen LogP contribution in [0.15, 0.2) is 146 Å². The van der Waals surface area contributed by atoms with Gasteiger partial charge in [-0.1, -0.05) is 77.2 Å². The molecule has 0 amide bonds. The predicted octanol–water partition coefficient (Wildman–Crippen LogP) is 11.2. The molecule has 0 atom stereocenters. The quantitative estimate of drug-likeness (QED) is 0.131. The molecular weight excluding hydrogens is 687 g/mol. The zero-order chi connectivity index (χ0) is 31.5. The molecule has 9 rings (SSSR count). The van der Waals surface area contributed by atoms with Gasteiger partial charge in [0.25, 0.3) is 0 Å². The third kappa shape index (κ3) is 4.48. The van der Waals surface area contributed by atoms with Crippen molar-refractivity contribution in [1.29, 1.82) is 0 Å². The van der Waals surface area contributed by atoms with Crippen LogP contribution in [-0.2, 0) is 4.43 Å². The highest BCUT2D eigenvalue weighted by atomic mass is 127. The maximum Gasteiger partial charge on any atom is 0.0571 e. The van der Waals surface area contributed by atoms with E-state index in [-0.39, 0.29) is 0 Å². The molecule has 0 fully saturated rings. The Labute approximate surface area is 286 Å². The van der Waals surface area contributed by atoms with Crippen molar-refractivity contribution in [3.05, 3.63) is 157 Å². The highest BCUT2D eigenvalue weighted by Crippen LogP contribution is 2.40. The van der Waals surface area contributed by atoms with E-state index in [4.69, 9.17) is 0 Å². The van der Waals surface area contributed by atoms with E-state index in [1.165, 1.54) is 60.7 Å². The van der Waals surface area contributed by atoms with Crippen molar-refractivity contribution in [3.63, 3.8) is 0 Å². The number of pyridine rings is 2. The topological polar surface area (TPSA) is 35.6 Å². The fourth-order valence-corrected chi connectivity index (χ4v) is 7.85. The highest BCUT2D eigenvalue weighted by molar-refractivity contribution is 14.1. The van der Waals surface area contributed by atoms with Crippen molar-refractivity contribution in [2.24, 2.45) is 0 Å². The number of aromatic nitrogens is 4. The van der Waals surface area contributed by atoms with Gasteiger partial charge < -0.3 is 9.13 Å². The van der Waals surface area contributed by atoms with Gasteiger partial charge in [-0.2, -0.15) is 0 Å². The van der Waals surface area contributed by atoms with E-state index in [0.717, 1.165) is 32.1 Å². The lowest BCUT2D eigenvalue weighted by Gasteiger charge is -2.15. The number of rotatable bonds is 5. The predicted molar refractivity (Wildman–Crippen MR) is 204 cm³/mol. The Kier molecular flexibility index (Phi) is 6.68. The van der Waals surface area contributed by atoms with Crippen molar-refractivity contribution < 1.29 is 0 Å². The number of halogens is 1. The third-order valence-electron chi connectivity index (χ3n) is 9.38. The molecule has 5 heteroatoms. The van der Waals surface area contributed by atoms with Crippen molar-refractivity contribution in [1.82, 2.24) is 19.1 Å². The summed E-state index contributed by atoms with van der Waals surface area (Å²) in [4.78, 5) is 9.01. The summed E-state index contributed by atoms with van der Waals surface area (Å²) in [6.45, 7) is 2.23. The summed E-state index contributed by atoms with van der Waals surface area (Å²) in [5, 5.41) is 4.75. The van der Waals surface area contributed by atoms with Crippen LogP contribution in [0.25, 0.3) is 77.2 Å². The lowest BCUT2D eigenvalue weighted by molar-refractivity contribution is 1.17. The van der Waals surface area contributed by atoms with Gasteiger partial charge in [-0.3, -0.25) is 9.97 Å². The Morgan fingerprint density at radius 1 is 0.511 bits per heavy atom. The molecule has 4 aromatic heterocycles. The van der Waals surface area contributed by atoms with Crippen LogP contribution in [0.2, 0.25) is 0 Å². The van der Waals surface area contributed by atoms with Crippen LogP contribution in [-0.4, -0.2) is 19.1 Å². The average Bonchev–Trinajstić information content (AvgIpc) is 3.64. The number of hydrogen-bond acceptors (Lipinski definition) is 2. The van der Waals surface area contributed by atoms with Crippen molar-refractivity contribution in [3.8, 4) is 33.6 Å². The normalized spacial score (nSPS) is 11.7. The molecule has 0 saturated carbocycles. The van der Waals surface area contributed by atoms with Gasteiger partial charge in [0, 0.05) is 62.1 Å². The minimum atomic E-state index is 0.908. The smallest absolute Gasteiger partial charge is 0.0571 e. The standard InChI is InChI=1S/C42H29IN4/c1-27-20-34(29-13-15-40-36(22-29)38-26-45-19-17-42(38)47(40)32-10-6-3-7-11-32)30(24-43)23-33(27)28-12-14-39-35(21-28)37-25-44-18-16-41(37)46(39)31-8-4-2-5-9-31/h2-23,25-26H,24H2,1H3. The number of alkyl halides is 1. The summed E-state index contributed by atoms with van der Waals surface area (Å²) in [5.74, 6) is 0. The van der Waals surface area contributed by atoms with Gasteiger partial charge in [-0.25, -0.2) is 0 Å². The van der Waals surface area contributed by atoms with Gasteiger partial charge >= 0.3 is 0 Å². The van der Waals surface area contributed by atoms with Crippen LogP contribution in [0.3, 0.4) is 0 Å². The van der Waals surface area contributed by atoms with Crippen LogP contribution in [0, 0.1) is 6.92 Å². The lowest BCUT2D eigenvalue weighted by Crippen LogP contribution is -1.94. The molecule has 0 aliphatic rings. The maximum atomic E-state index is 4.50. The van der Waals surface area contributed by atoms with Gasteiger partial charge in [0.2, 0.25) is 0 Å². The van der Waals surface area contributed by atoms with E-state index in [2.05, 4.69) is 170 Å². The van der Waals surface area contributed by atoms with E-state index >= 15 is 0 Å². The van der Waals surface area contributed by atoms with Crippen LogP contribution in [0.5, 0.6) is 0 Å². The van der Waals surface area contributed by atoms with Crippen molar-refractivity contribution in [2.75, 3.05) is 0 Å². The Morgan fingerprint density at radius 2 is 1.00 bits per heavy atom. The first kappa shape index (κ1) is 28.0. The molecule has 0 N–H and O–H groups in total. The minimum absolute atomic E-state index is 0.908. The molecular formula is C42H29IN4. The van der Waals surface area contributed by atoms with Gasteiger partial charge in [0.05, 0.1) is 22.1 Å². The van der Waals surface area contributed by atoms with Crippen LogP contribution >= 0.6 is 22.6 Å². The Balaban J connectivity index is 1.19. The zero-order valence-electron chi connectivity index (χ0n) is 25.7. The molecule has 0 unspecified atom stereocenters. The van der Waals surface area contributed by atoms with E-state index in [9.17, 15) is 0 Å². The summed E-state index contributed by atoms with van der Waals surface area (Å²) in [6.07, 6.45) is 7.75. The lowest BCUT2D eigenvalue weighted by atomic mass is 9.91. The molecule has 47 heavy (non-hydrogen) atoms. The summed E-state index contributed by atoms with van der Waals surface area (Å²) in [6, 6.07) is 43.9. The van der Waals surface area contributed by atoms with Gasteiger partial charge in [-0.05, 0) is 107 Å². The molecule has 9 aromatic rings. The van der Waals surface area contributed by atoms with Crippen LogP contribution < -0.4 is 0 Å². The number of benzene rings is 5. The maximum absolute atomic E-state index is 4.50. The van der Waals surface area contributed by atoms with Gasteiger partial charge in [-0.15, -0.1) is 0 Å².